The van der Waals surface area contributed by atoms with Crippen molar-refractivity contribution in [2.45, 2.75) is 63.8 Å². The molecule has 1 N–H and O–H groups in total. The van der Waals surface area contributed by atoms with Crippen LogP contribution in [0.25, 0.3) is 0 Å². The highest BCUT2D eigenvalue weighted by atomic mass is 32.2. The second-order valence-corrected chi connectivity index (χ2v) is 6.75. The van der Waals surface area contributed by atoms with Gasteiger partial charge < -0.3 is 9.45 Å². The molecule has 0 radical (unpaired) electrons. The van der Waals surface area contributed by atoms with Gasteiger partial charge in [-0.05, 0) is 12.8 Å². The Morgan fingerprint density at radius 2 is 1.43 bits per heavy atom. The lowest BCUT2D eigenvalue weighted by molar-refractivity contribution is -0.887. The lowest BCUT2D eigenvalue weighted by atomic mass is 10.1. The summed E-state index contributed by atoms with van der Waals surface area (Å²) >= 11 is 0. The molecule has 0 aromatic heterocycles. The van der Waals surface area contributed by atoms with Gasteiger partial charge in [-0.1, -0.05) is 32.6 Å². The van der Waals surface area contributed by atoms with Gasteiger partial charge in [0.2, 0.25) is 0 Å². The van der Waals surface area contributed by atoms with Crippen LogP contribution in [0, 0.1) is 0 Å². The summed E-state index contributed by atoms with van der Waals surface area (Å²) in [4.78, 5) is 1.87. The van der Waals surface area contributed by atoms with Crippen molar-refractivity contribution >= 4 is 10.1 Å². The van der Waals surface area contributed by atoms with Crippen LogP contribution in [-0.4, -0.2) is 38.1 Å². The highest BCUT2D eigenvalue weighted by Crippen LogP contribution is 2.20. The minimum Gasteiger partial charge on any atom is -0.741 e. The zero-order valence-corrected chi connectivity index (χ0v) is 13.4. The molecule has 128 valence electrons. The van der Waals surface area contributed by atoms with E-state index in [1.165, 1.54) is 71.0 Å². The first kappa shape index (κ1) is 20.7. The molecule has 0 spiro atoms. The second kappa shape index (κ2) is 10.4. The first-order valence-electron chi connectivity index (χ1n) is 7.54. The average Bonchev–Trinajstić information content (AvgIpc) is 2.85. The van der Waals surface area contributed by atoms with Crippen LogP contribution in [0.5, 0.6) is 0 Å². The number of hydrogen-bond donors (Lipinski definition) is 1. The summed E-state index contributed by atoms with van der Waals surface area (Å²) < 4.78 is 58.9. The Balaban J connectivity index is 0.000000433. The number of quaternary nitrogens is 1. The summed E-state index contributed by atoms with van der Waals surface area (Å²) in [7, 11) is -6.09. The number of nitrogens with one attached hydrogen (secondary N) is 1. The van der Waals surface area contributed by atoms with Gasteiger partial charge in [0.25, 0.3) is 0 Å². The maximum Gasteiger partial charge on any atom is 0.485 e. The third kappa shape index (κ3) is 11.0. The molecular formula is C13H26F3NO3S. The molecule has 1 saturated heterocycles. The van der Waals surface area contributed by atoms with Crippen molar-refractivity contribution in [1.82, 2.24) is 0 Å². The molecule has 21 heavy (non-hydrogen) atoms. The average molecular weight is 333 g/mol. The lowest BCUT2D eigenvalue weighted by Crippen LogP contribution is -3.09. The molecule has 1 fully saturated rings. The van der Waals surface area contributed by atoms with Gasteiger partial charge in [0, 0.05) is 12.8 Å². The molecule has 0 amide bonds. The van der Waals surface area contributed by atoms with E-state index in [2.05, 4.69) is 6.92 Å². The van der Waals surface area contributed by atoms with Crippen molar-refractivity contribution in [3.05, 3.63) is 0 Å². The largest absolute Gasteiger partial charge is 0.741 e. The van der Waals surface area contributed by atoms with E-state index in [4.69, 9.17) is 13.0 Å². The third-order valence-corrected chi connectivity index (χ3v) is 4.04. The van der Waals surface area contributed by atoms with Crippen molar-refractivity contribution in [3.63, 3.8) is 0 Å². The van der Waals surface area contributed by atoms with E-state index in [-0.39, 0.29) is 0 Å². The molecule has 0 aliphatic carbocycles. The molecule has 0 unspecified atom stereocenters. The monoisotopic (exact) mass is 333 g/mol. The van der Waals surface area contributed by atoms with Crippen LogP contribution >= 0.6 is 0 Å². The van der Waals surface area contributed by atoms with E-state index in [0.717, 1.165) is 0 Å². The quantitative estimate of drug-likeness (QED) is 0.441. The predicted molar refractivity (Wildman–Crippen MR) is 73.9 cm³/mol. The van der Waals surface area contributed by atoms with Gasteiger partial charge in [-0.25, -0.2) is 8.42 Å². The maximum atomic E-state index is 10.7. The molecule has 1 aliphatic heterocycles. The SMILES string of the molecule is CCCCCCCC[NH+]1CCCC1.O=S(=O)([O-])C(F)(F)F. The van der Waals surface area contributed by atoms with E-state index in [9.17, 15) is 13.2 Å². The number of unbranched alkanes of at least 4 members (excludes halogenated alkanes) is 5. The van der Waals surface area contributed by atoms with Crippen LogP contribution in [0.3, 0.4) is 0 Å². The molecule has 1 heterocycles. The van der Waals surface area contributed by atoms with Gasteiger partial charge in [-0.3, -0.25) is 0 Å². The van der Waals surface area contributed by atoms with Crippen molar-refractivity contribution in [2.75, 3.05) is 19.6 Å². The fourth-order valence-corrected chi connectivity index (χ4v) is 2.28. The normalized spacial score (nSPS) is 16.6. The Labute approximate surface area is 125 Å². The molecule has 0 aromatic rings. The Bertz CT molecular complexity index is 352. The molecule has 1 aliphatic rings. The number of rotatable bonds is 7. The Morgan fingerprint density at radius 3 is 1.86 bits per heavy atom. The summed E-state index contributed by atoms with van der Waals surface area (Å²) in [5, 5.41) is 0. The topological polar surface area (TPSA) is 61.6 Å². The van der Waals surface area contributed by atoms with E-state index < -0.39 is 15.6 Å². The minimum absolute atomic E-state index is 1.37. The van der Waals surface area contributed by atoms with Crippen LogP contribution in [0.2, 0.25) is 0 Å². The number of likely N-dealkylation sites (tertiary alicyclic amines) is 1. The summed E-state index contributed by atoms with van der Waals surface area (Å²) in [6.07, 6.45) is 11.7. The molecule has 0 aromatic carbocycles. The van der Waals surface area contributed by atoms with Crippen molar-refractivity contribution in [1.29, 1.82) is 0 Å². The summed E-state index contributed by atoms with van der Waals surface area (Å²) in [5.74, 6) is 0. The Hall–Kier alpha value is -0.340. The first-order valence-corrected chi connectivity index (χ1v) is 8.95. The van der Waals surface area contributed by atoms with Gasteiger partial charge in [0.05, 0.1) is 19.6 Å². The van der Waals surface area contributed by atoms with Crippen LogP contribution in [0.1, 0.15) is 58.3 Å². The van der Waals surface area contributed by atoms with Gasteiger partial charge in [-0.15, -0.1) is 0 Å². The van der Waals surface area contributed by atoms with E-state index in [0.29, 0.717) is 0 Å². The number of hydrogen-bond acceptors (Lipinski definition) is 3. The van der Waals surface area contributed by atoms with Crippen LogP contribution in [-0.2, 0) is 10.1 Å². The smallest absolute Gasteiger partial charge is 0.485 e. The Kier molecular flexibility index (Phi) is 10.2. The van der Waals surface area contributed by atoms with Gasteiger partial charge in [0.15, 0.2) is 10.1 Å². The fourth-order valence-electron chi connectivity index (χ4n) is 2.28. The van der Waals surface area contributed by atoms with E-state index >= 15 is 0 Å². The Morgan fingerprint density at radius 1 is 1.00 bits per heavy atom. The highest BCUT2D eigenvalue weighted by molar-refractivity contribution is 7.86. The van der Waals surface area contributed by atoms with Crippen LogP contribution < -0.4 is 4.90 Å². The zero-order valence-electron chi connectivity index (χ0n) is 12.5. The number of alkyl halides is 3. The fraction of sp³-hybridized carbons (Fsp3) is 1.00. The summed E-state index contributed by atoms with van der Waals surface area (Å²) in [5.41, 5.74) is -5.65. The van der Waals surface area contributed by atoms with E-state index in [1.54, 1.807) is 0 Å². The molecule has 1 rings (SSSR count). The van der Waals surface area contributed by atoms with Crippen molar-refractivity contribution in [3.8, 4) is 0 Å². The standard InChI is InChI=1S/C12H25N.CHF3O3S/c1-2-3-4-5-6-7-10-13-11-8-9-12-13;2-1(3,4)8(5,6)7/h2-12H2,1H3;(H,5,6,7). The van der Waals surface area contributed by atoms with Gasteiger partial charge in [-0.2, -0.15) is 13.2 Å². The molecule has 0 saturated carbocycles. The predicted octanol–water partition coefficient (Wildman–Crippen LogP) is 2.08. The second-order valence-electron chi connectivity index (χ2n) is 5.37. The van der Waals surface area contributed by atoms with Crippen molar-refractivity contribution < 1.29 is 31.0 Å². The summed E-state index contributed by atoms with van der Waals surface area (Å²) in [6.45, 7) is 6.64. The van der Waals surface area contributed by atoms with Crippen molar-refractivity contribution in [2.24, 2.45) is 0 Å². The molecule has 8 heteroatoms. The van der Waals surface area contributed by atoms with E-state index in [1.807, 2.05) is 4.90 Å². The molecule has 4 nitrogen and oxygen atoms in total. The molecular weight excluding hydrogens is 307 g/mol. The minimum atomic E-state index is -6.09. The van der Waals surface area contributed by atoms with Gasteiger partial charge >= 0.3 is 5.51 Å². The molecule has 0 atom stereocenters. The molecule has 0 bridgehead atoms. The maximum absolute atomic E-state index is 10.7. The zero-order chi connectivity index (χ0) is 16.4. The number of halogens is 3. The first-order chi connectivity index (χ1) is 9.68. The summed E-state index contributed by atoms with van der Waals surface area (Å²) in [6, 6.07) is 0. The van der Waals surface area contributed by atoms with Crippen LogP contribution in [0.4, 0.5) is 13.2 Å². The van der Waals surface area contributed by atoms with Gasteiger partial charge in [0.1, 0.15) is 0 Å². The lowest BCUT2D eigenvalue weighted by Gasteiger charge is -2.11. The highest BCUT2D eigenvalue weighted by Gasteiger charge is 2.36. The third-order valence-electron chi connectivity index (χ3n) is 3.48. The van der Waals surface area contributed by atoms with Crippen LogP contribution in [0.15, 0.2) is 0 Å².